The maximum Gasteiger partial charge on any atom is 0.225 e. The SMILES string of the molecule is NC1CCN(c2ncc(Oc3ccccc3F)cn2)CC1. The van der Waals surface area contributed by atoms with E-state index in [9.17, 15) is 4.39 Å². The molecule has 1 aliphatic heterocycles. The highest BCUT2D eigenvalue weighted by atomic mass is 19.1. The highest BCUT2D eigenvalue weighted by Crippen LogP contribution is 2.24. The molecule has 2 N–H and O–H groups in total. The Bertz CT molecular complexity index is 597. The summed E-state index contributed by atoms with van der Waals surface area (Å²) in [5.41, 5.74) is 5.88. The van der Waals surface area contributed by atoms with Gasteiger partial charge in [0.2, 0.25) is 5.95 Å². The second-order valence-electron chi connectivity index (χ2n) is 5.08. The first-order chi connectivity index (χ1) is 10.2. The third-order valence-electron chi connectivity index (χ3n) is 3.50. The molecule has 2 heterocycles. The summed E-state index contributed by atoms with van der Waals surface area (Å²) in [6.45, 7) is 1.71. The van der Waals surface area contributed by atoms with Gasteiger partial charge in [-0.05, 0) is 25.0 Å². The highest BCUT2D eigenvalue weighted by Gasteiger charge is 2.18. The minimum Gasteiger partial charge on any atom is -0.451 e. The molecule has 21 heavy (non-hydrogen) atoms. The zero-order valence-electron chi connectivity index (χ0n) is 11.6. The molecule has 0 amide bonds. The maximum atomic E-state index is 13.5. The summed E-state index contributed by atoms with van der Waals surface area (Å²) in [5.74, 6) is 0.824. The van der Waals surface area contributed by atoms with Crippen molar-refractivity contribution in [2.75, 3.05) is 18.0 Å². The number of nitrogens with two attached hydrogens (primary N) is 1. The van der Waals surface area contributed by atoms with Crippen LogP contribution in [0.1, 0.15) is 12.8 Å². The molecule has 0 saturated carbocycles. The molecule has 1 aliphatic rings. The fourth-order valence-corrected chi connectivity index (χ4v) is 2.28. The van der Waals surface area contributed by atoms with E-state index in [1.54, 1.807) is 30.6 Å². The molecule has 3 rings (SSSR count). The third-order valence-corrected chi connectivity index (χ3v) is 3.50. The van der Waals surface area contributed by atoms with E-state index in [1.165, 1.54) is 6.07 Å². The molecule has 1 saturated heterocycles. The lowest BCUT2D eigenvalue weighted by molar-refractivity contribution is 0.437. The summed E-state index contributed by atoms with van der Waals surface area (Å²) < 4.78 is 18.9. The first-order valence-corrected chi connectivity index (χ1v) is 6.97. The van der Waals surface area contributed by atoms with Crippen LogP contribution < -0.4 is 15.4 Å². The Morgan fingerprint density at radius 1 is 1.14 bits per heavy atom. The number of para-hydroxylation sites is 1. The molecule has 1 aromatic heterocycles. The van der Waals surface area contributed by atoms with Crippen LogP contribution in [0, 0.1) is 5.82 Å². The molecule has 0 atom stereocenters. The largest absolute Gasteiger partial charge is 0.451 e. The Labute approximate surface area is 122 Å². The summed E-state index contributed by atoms with van der Waals surface area (Å²) in [4.78, 5) is 10.7. The van der Waals surface area contributed by atoms with Crippen LogP contribution in [0.3, 0.4) is 0 Å². The number of rotatable bonds is 3. The number of nitrogens with zero attached hydrogens (tertiary/aromatic N) is 3. The lowest BCUT2D eigenvalue weighted by Crippen LogP contribution is -2.40. The summed E-state index contributed by atoms with van der Waals surface area (Å²) in [6, 6.07) is 6.51. The summed E-state index contributed by atoms with van der Waals surface area (Å²) in [5, 5.41) is 0. The summed E-state index contributed by atoms with van der Waals surface area (Å²) in [6.07, 6.45) is 5.00. The molecular formula is C15H17FN4O. The first kappa shape index (κ1) is 13.8. The maximum absolute atomic E-state index is 13.5. The van der Waals surface area contributed by atoms with Crippen LogP contribution in [-0.4, -0.2) is 29.1 Å². The van der Waals surface area contributed by atoms with Crippen LogP contribution in [-0.2, 0) is 0 Å². The van der Waals surface area contributed by atoms with E-state index in [0.29, 0.717) is 11.7 Å². The quantitative estimate of drug-likeness (QED) is 0.939. The minimum atomic E-state index is -0.411. The second kappa shape index (κ2) is 6.05. The van der Waals surface area contributed by atoms with Crippen LogP contribution in [0.5, 0.6) is 11.5 Å². The summed E-state index contributed by atoms with van der Waals surface area (Å²) in [7, 11) is 0. The van der Waals surface area contributed by atoms with Crippen molar-refractivity contribution in [3.05, 3.63) is 42.5 Å². The van der Waals surface area contributed by atoms with Gasteiger partial charge in [0.05, 0.1) is 12.4 Å². The van der Waals surface area contributed by atoms with Crippen molar-refractivity contribution < 1.29 is 9.13 Å². The predicted octanol–water partition coefficient (Wildman–Crippen LogP) is 2.34. The fraction of sp³-hybridized carbons (Fsp3) is 0.333. The molecule has 1 aromatic carbocycles. The molecule has 0 bridgehead atoms. The van der Waals surface area contributed by atoms with Gasteiger partial charge in [0, 0.05) is 19.1 Å². The average molecular weight is 288 g/mol. The number of ether oxygens (including phenoxy) is 1. The van der Waals surface area contributed by atoms with E-state index in [0.717, 1.165) is 25.9 Å². The van der Waals surface area contributed by atoms with Gasteiger partial charge in [-0.25, -0.2) is 14.4 Å². The molecule has 2 aromatic rings. The molecule has 110 valence electrons. The van der Waals surface area contributed by atoms with E-state index in [-0.39, 0.29) is 11.8 Å². The first-order valence-electron chi connectivity index (χ1n) is 6.97. The lowest BCUT2D eigenvalue weighted by Gasteiger charge is -2.29. The van der Waals surface area contributed by atoms with Gasteiger partial charge in [0.1, 0.15) is 0 Å². The van der Waals surface area contributed by atoms with Gasteiger partial charge in [-0.2, -0.15) is 0 Å². The van der Waals surface area contributed by atoms with E-state index in [1.807, 2.05) is 0 Å². The topological polar surface area (TPSA) is 64.3 Å². The van der Waals surface area contributed by atoms with Gasteiger partial charge in [0.25, 0.3) is 0 Å². The van der Waals surface area contributed by atoms with Crippen molar-refractivity contribution >= 4 is 5.95 Å². The van der Waals surface area contributed by atoms with Gasteiger partial charge in [-0.1, -0.05) is 12.1 Å². The number of piperidine rings is 1. The zero-order valence-corrected chi connectivity index (χ0v) is 11.6. The molecule has 0 radical (unpaired) electrons. The van der Waals surface area contributed by atoms with Crippen molar-refractivity contribution in [3.8, 4) is 11.5 Å². The van der Waals surface area contributed by atoms with Gasteiger partial charge < -0.3 is 15.4 Å². The van der Waals surface area contributed by atoms with Crippen molar-refractivity contribution in [1.29, 1.82) is 0 Å². The molecule has 0 aliphatic carbocycles. The lowest BCUT2D eigenvalue weighted by atomic mass is 10.1. The van der Waals surface area contributed by atoms with Crippen molar-refractivity contribution in [2.24, 2.45) is 5.73 Å². The highest BCUT2D eigenvalue weighted by molar-refractivity contribution is 5.34. The Kier molecular flexibility index (Phi) is 3.96. The van der Waals surface area contributed by atoms with Gasteiger partial charge >= 0.3 is 0 Å². The van der Waals surface area contributed by atoms with Crippen LogP contribution in [0.15, 0.2) is 36.7 Å². The van der Waals surface area contributed by atoms with E-state index in [4.69, 9.17) is 10.5 Å². The Morgan fingerprint density at radius 2 is 1.81 bits per heavy atom. The van der Waals surface area contributed by atoms with Gasteiger partial charge in [-0.15, -0.1) is 0 Å². The number of hydrogen-bond acceptors (Lipinski definition) is 5. The monoisotopic (exact) mass is 288 g/mol. The van der Waals surface area contributed by atoms with Crippen LogP contribution in [0.2, 0.25) is 0 Å². The molecule has 0 spiro atoms. The Balaban J connectivity index is 1.68. The zero-order chi connectivity index (χ0) is 14.7. The second-order valence-corrected chi connectivity index (χ2v) is 5.08. The standard InChI is InChI=1S/C15H17FN4O/c16-13-3-1-2-4-14(13)21-12-9-18-15(19-10-12)20-7-5-11(17)6-8-20/h1-4,9-11H,5-8,17H2. The van der Waals surface area contributed by atoms with Crippen molar-refractivity contribution in [1.82, 2.24) is 9.97 Å². The minimum absolute atomic E-state index is 0.165. The Morgan fingerprint density at radius 3 is 2.48 bits per heavy atom. The number of anilines is 1. The number of halogens is 1. The van der Waals surface area contributed by atoms with E-state index >= 15 is 0 Å². The number of aromatic nitrogens is 2. The van der Waals surface area contributed by atoms with Crippen molar-refractivity contribution in [3.63, 3.8) is 0 Å². The normalized spacial score (nSPS) is 16.0. The van der Waals surface area contributed by atoms with Crippen LogP contribution >= 0.6 is 0 Å². The van der Waals surface area contributed by atoms with E-state index in [2.05, 4.69) is 14.9 Å². The molecule has 6 heteroatoms. The molecule has 1 fully saturated rings. The Hall–Kier alpha value is -2.21. The van der Waals surface area contributed by atoms with Crippen LogP contribution in [0.25, 0.3) is 0 Å². The smallest absolute Gasteiger partial charge is 0.225 e. The summed E-state index contributed by atoms with van der Waals surface area (Å²) >= 11 is 0. The fourth-order valence-electron chi connectivity index (χ4n) is 2.28. The van der Waals surface area contributed by atoms with E-state index < -0.39 is 5.82 Å². The average Bonchev–Trinajstić information content (AvgIpc) is 2.51. The third kappa shape index (κ3) is 3.28. The predicted molar refractivity (Wildman–Crippen MR) is 77.9 cm³/mol. The van der Waals surface area contributed by atoms with Crippen molar-refractivity contribution in [2.45, 2.75) is 18.9 Å². The van der Waals surface area contributed by atoms with Crippen LogP contribution in [0.4, 0.5) is 10.3 Å². The molecule has 0 unspecified atom stereocenters. The number of benzene rings is 1. The number of hydrogen-bond donors (Lipinski definition) is 1. The van der Waals surface area contributed by atoms with Gasteiger partial charge in [0.15, 0.2) is 17.3 Å². The van der Waals surface area contributed by atoms with Gasteiger partial charge in [-0.3, -0.25) is 0 Å². The molecular weight excluding hydrogens is 271 g/mol. The molecule has 5 nitrogen and oxygen atoms in total.